The molecule has 3 heteroatoms. The molecule has 1 aromatic carbocycles. The maximum atomic E-state index is 5.50. The van der Waals surface area contributed by atoms with Gasteiger partial charge in [0.25, 0.3) is 0 Å². The van der Waals surface area contributed by atoms with Crippen molar-refractivity contribution in [2.45, 2.75) is 20.3 Å². The lowest BCUT2D eigenvalue weighted by Crippen LogP contribution is -2.12. The lowest BCUT2D eigenvalue weighted by atomic mass is 10.0. The average molecular weight is 258 g/mol. The second kappa shape index (κ2) is 4.20. The Morgan fingerprint density at radius 1 is 1.46 bits per heavy atom. The third kappa shape index (κ3) is 2.51. The molecule has 0 aliphatic rings. The van der Waals surface area contributed by atoms with E-state index in [1.165, 1.54) is 16.7 Å². The van der Waals surface area contributed by atoms with Crippen LogP contribution in [0.25, 0.3) is 0 Å². The van der Waals surface area contributed by atoms with Gasteiger partial charge >= 0.3 is 0 Å². The van der Waals surface area contributed by atoms with Crippen LogP contribution in [-0.4, -0.2) is 4.99 Å². The molecular formula is C10H12BrNS. The van der Waals surface area contributed by atoms with Crippen molar-refractivity contribution in [1.29, 1.82) is 0 Å². The Morgan fingerprint density at radius 3 is 2.62 bits per heavy atom. The van der Waals surface area contributed by atoms with Gasteiger partial charge in [-0.2, -0.15) is 0 Å². The third-order valence-electron chi connectivity index (χ3n) is 2.06. The highest BCUT2D eigenvalue weighted by Gasteiger charge is 2.05. The molecule has 2 N–H and O–H groups in total. The summed E-state index contributed by atoms with van der Waals surface area (Å²) in [6, 6.07) is 4.15. The Morgan fingerprint density at radius 2 is 2.08 bits per heavy atom. The minimum absolute atomic E-state index is 0.541. The number of rotatable bonds is 2. The second-order valence-corrected chi connectivity index (χ2v) is 4.44. The van der Waals surface area contributed by atoms with E-state index in [9.17, 15) is 0 Å². The summed E-state index contributed by atoms with van der Waals surface area (Å²) in [5.74, 6) is 0. The first-order valence-electron chi connectivity index (χ1n) is 4.05. The van der Waals surface area contributed by atoms with Crippen LogP contribution in [0.1, 0.15) is 16.7 Å². The van der Waals surface area contributed by atoms with E-state index in [1.807, 2.05) is 0 Å². The summed E-state index contributed by atoms with van der Waals surface area (Å²) >= 11 is 8.41. The van der Waals surface area contributed by atoms with Gasteiger partial charge in [-0.1, -0.05) is 40.3 Å². The summed E-state index contributed by atoms with van der Waals surface area (Å²) in [6.45, 7) is 4.15. The molecule has 0 saturated heterocycles. The molecule has 0 aromatic heterocycles. The topological polar surface area (TPSA) is 26.0 Å². The van der Waals surface area contributed by atoms with Crippen LogP contribution in [0.3, 0.4) is 0 Å². The third-order valence-corrected chi connectivity index (χ3v) is 3.42. The molecule has 13 heavy (non-hydrogen) atoms. The number of thiocarbonyl (C=S) groups is 1. The number of benzene rings is 1. The Balaban J connectivity index is 3.10. The summed E-state index contributed by atoms with van der Waals surface area (Å²) < 4.78 is 1.15. The van der Waals surface area contributed by atoms with Gasteiger partial charge in [0.2, 0.25) is 0 Å². The normalized spacial score (nSPS) is 10.1. The molecule has 0 aliphatic heterocycles. The molecule has 70 valence electrons. The molecule has 0 fully saturated rings. The molecule has 0 saturated carbocycles. The highest BCUT2D eigenvalue weighted by atomic mass is 79.9. The minimum Gasteiger partial charge on any atom is -0.393 e. The maximum absolute atomic E-state index is 5.50. The van der Waals surface area contributed by atoms with Crippen molar-refractivity contribution < 1.29 is 0 Å². The van der Waals surface area contributed by atoms with Crippen LogP contribution < -0.4 is 5.73 Å². The Labute approximate surface area is 92.5 Å². The van der Waals surface area contributed by atoms with Crippen molar-refractivity contribution in [2.75, 3.05) is 0 Å². The smallest absolute Gasteiger partial charge is 0.0771 e. The molecule has 1 aromatic rings. The van der Waals surface area contributed by atoms with Crippen LogP contribution in [0, 0.1) is 13.8 Å². The van der Waals surface area contributed by atoms with Crippen molar-refractivity contribution in [3.63, 3.8) is 0 Å². The summed E-state index contributed by atoms with van der Waals surface area (Å²) in [5, 5.41) is 0. The lowest BCUT2D eigenvalue weighted by molar-refractivity contribution is 1.21. The van der Waals surface area contributed by atoms with Crippen LogP contribution in [0.2, 0.25) is 0 Å². The van der Waals surface area contributed by atoms with Crippen molar-refractivity contribution in [1.82, 2.24) is 0 Å². The zero-order chi connectivity index (χ0) is 10.0. The van der Waals surface area contributed by atoms with Gasteiger partial charge in [-0.3, -0.25) is 0 Å². The quantitative estimate of drug-likeness (QED) is 0.825. The van der Waals surface area contributed by atoms with E-state index in [0.717, 1.165) is 4.47 Å². The Hall–Kier alpha value is -0.410. The Kier molecular flexibility index (Phi) is 3.45. The van der Waals surface area contributed by atoms with E-state index < -0.39 is 0 Å². The van der Waals surface area contributed by atoms with Crippen LogP contribution in [0.15, 0.2) is 16.6 Å². The monoisotopic (exact) mass is 257 g/mol. The van der Waals surface area contributed by atoms with Crippen molar-refractivity contribution >= 4 is 33.1 Å². The molecule has 1 nitrogen and oxygen atoms in total. The van der Waals surface area contributed by atoms with Crippen molar-refractivity contribution in [3.8, 4) is 0 Å². The van der Waals surface area contributed by atoms with E-state index in [4.69, 9.17) is 18.0 Å². The standard InChI is InChI=1S/C10H12BrNS/c1-6-3-4-8(5-9(12)13)7(2)10(6)11/h3-4H,5H2,1-2H3,(H2,12,13). The van der Waals surface area contributed by atoms with Gasteiger partial charge in [0, 0.05) is 10.9 Å². The van der Waals surface area contributed by atoms with E-state index in [0.29, 0.717) is 11.4 Å². The van der Waals surface area contributed by atoms with E-state index in [-0.39, 0.29) is 0 Å². The highest BCUT2D eigenvalue weighted by molar-refractivity contribution is 9.10. The molecular weight excluding hydrogens is 246 g/mol. The first-order chi connectivity index (χ1) is 6.02. The predicted molar refractivity (Wildman–Crippen MR) is 64.1 cm³/mol. The number of nitrogens with two attached hydrogens (primary N) is 1. The van der Waals surface area contributed by atoms with E-state index in [1.54, 1.807) is 0 Å². The van der Waals surface area contributed by atoms with Gasteiger partial charge in [0.05, 0.1) is 4.99 Å². The van der Waals surface area contributed by atoms with E-state index in [2.05, 4.69) is 41.9 Å². The Bertz CT molecular complexity index is 347. The van der Waals surface area contributed by atoms with Crippen molar-refractivity contribution in [2.24, 2.45) is 5.73 Å². The second-order valence-electron chi connectivity index (χ2n) is 3.12. The molecule has 0 atom stereocenters. The first kappa shape index (κ1) is 10.7. The molecule has 0 heterocycles. The zero-order valence-corrected chi connectivity index (χ0v) is 10.1. The SMILES string of the molecule is Cc1ccc(CC(N)=S)c(C)c1Br. The number of halogens is 1. The average Bonchev–Trinajstić information content (AvgIpc) is 2.06. The summed E-state index contributed by atoms with van der Waals surface area (Å²) in [5.41, 5.74) is 9.17. The molecule has 0 spiro atoms. The van der Waals surface area contributed by atoms with Crippen LogP contribution in [0.5, 0.6) is 0 Å². The summed E-state index contributed by atoms with van der Waals surface area (Å²) in [7, 11) is 0. The van der Waals surface area contributed by atoms with Gasteiger partial charge in [0.1, 0.15) is 0 Å². The first-order valence-corrected chi connectivity index (χ1v) is 5.25. The van der Waals surface area contributed by atoms with Gasteiger partial charge < -0.3 is 5.73 Å². The minimum atomic E-state index is 0.541. The maximum Gasteiger partial charge on any atom is 0.0771 e. The highest BCUT2D eigenvalue weighted by Crippen LogP contribution is 2.24. The molecule has 0 unspecified atom stereocenters. The number of aryl methyl sites for hydroxylation is 1. The lowest BCUT2D eigenvalue weighted by Gasteiger charge is -2.08. The van der Waals surface area contributed by atoms with Crippen molar-refractivity contribution in [3.05, 3.63) is 33.3 Å². The predicted octanol–water partition coefficient (Wildman–Crippen LogP) is 2.89. The fourth-order valence-electron chi connectivity index (χ4n) is 1.24. The molecule has 0 aliphatic carbocycles. The molecule has 0 bridgehead atoms. The zero-order valence-electron chi connectivity index (χ0n) is 7.73. The van der Waals surface area contributed by atoms with Crippen LogP contribution in [-0.2, 0) is 6.42 Å². The summed E-state index contributed by atoms with van der Waals surface area (Å²) in [6.07, 6.45) is 0.681. The van der Waals surface area contributed by atoms with Gasteiger partial charge in [-0.05, 0) is 30.5 Å². The van der Waals surface area contributed by atoms with E-state index >= 15 is 0 Å². The molecule has 0 amide bonds. The van der Waals surface area contributed by atoms with Gasteiger partial charge in [-0.15, -0.1) is 0 Å². The fraction of sp³-hybridized carbons (Fsp3) is 0.300. The molecule has 0 radical (unpaired) electrons. The van der Waals surface area contributed by atoms with Gasteiger partial charge in [-0.25, -0.2) is 0 Å². The van der Waals surface area contributed by atoms with Gasteiger partial charge in [0.15, 0.2) is 0 Å². The largest absolute Gasteiger partial charge is 0.393 e. The molecule has 1 rings (SSSR count). The number of hydrogen-bond donors (Lipinski definition) is 1. The van der Waals surface area contributed by atoms with Crippen LogP contribution >= 0.6 is 28.1 Å². The van der Waals surface area contributed by atoms with Crippen LogP contribution in [0.4, 0.5) is 0 Å². The fourth-order valence-corrected chi connectivity index (χ4v) is 1.78. The summed E-state index contributed by atoms with van der Waals surface area (Å²) in [4.78, 5) is 0.541. The number of hydrogen-bond acceptors (Lipinski definition) is 1.